The summed E-state index contributed by atoms with van der Waals surface area (Å²) in [6.45, 7) is 4.76. The number of alkyl halides is 2. The number of carbonyl (C=O) groups excluding carboxylic acids is 3. The molecule has 2 N–H and O–H groups in total. The van der Waals surface area contributed by atoms with Gasteiger partial charge in [0, 0.05) is 57.1 Å². The van der Waals surface area contributed by atoms with Gasteiger partial charge in [-0.2, -0.15) is 10.2 Å². The number of halogens is 3. The Hall–Kier alpha value is -5.15. The Bertz CT molecular complexity index is 2290. The third-order valence-corrected chi connectivity index (χ3v) is 12.5. The number of hydrogen-bond donors (Lipinski definition) is 2. The van der Waals surface area contributed by atoms with Crippen LogP contribution in [0, 0.1) is 17.8 Å². The third-order valence-electron chi connectivity index (χ3n) is 12.2. The van der Waals surface area contributed by atoms with Crippen LogP contribution in [0.25, 0.3) is 5.65 Å². The smallest absolute Gasteiger partial charge is 0.328 e. The first-order valence-electron chi connectivity index (χ1n) is 20.3. The largest absolute Gasteiger partial charge is 0.374 e. The molecular formula is C41H45ClF2N10O5. The maximum Gasteiger partial charge on any atom is 0.328 e. The lowest BCUT2D eigenvalue weighted by atomic mass is 9.85. The summed E-state index contributed by atoms with van der Waals surface area (Å²) in [6, 6.07) is 6.80. The van der Waals surface area contributed by atoms with E-state index in [1.807, 2.05) is 6.07 Å². The van der Waals surface area contributed by atoms with E-state index < -0.39 is 24.1 Å². The van der Waals surface area contributed by atoms with Gasteiger partial charge >= 0.3 is 6.03 Å². The van der Waals surface area contributed by atoms with Gasteiger partial charge in [0.2, 0.25) is 5.91 Å². The van der Waals surface area contributed by atoms with Gasteiger partial charge in [-0.15, -0.1) is 0 Å². The number of hydrogen-bond acceptors (Lipinski definition) is 10. The van der Waals surface area contributed by atoms with Crippen molar-refractivity contribution in [3.63, 3.8) is 0 Å². The van der Waals surface area contributed by atoms with Crippen molar-refractivity contribution < 1.29 is 32.6 Å². The number of nitrogens with zero attached hydrogens (tertiary/aromatic N) is 8. The summed E-state index contributed by atoms with van der Waals surface area (Å²) in [4.78, 5) is 48.2. The number of carbonyl (C=O) groups is 3. The highest BCUT2D eigenvalue weighted by atomic mass is 35.5. The van der Waals surface area contributed by atoms with Crippen molar-refractivity contribution in [1.29, 1.82) is 0 Å². The summed E-state index contributed by atoms with van der Waals surface area (Å²) < 4.78 is 43.4. The standard InChI is InChI=1S/C41H45ClF2N10O5/c42-32-8-5-25(18-34(32)51-15-12-36(55)48-41(51)57)2-1-17-58-29-9-13-50(14-10-29)21-26-3-6-27(7-4-26)54-23-33(37(49-54)38(43)44)46-40(56)31-20-45-53-16-11-35(47-39(31)53)52-22-30-19-28(52)24-59-30/h5,8,11,16,18,20,23,26-30,38H,3-4,6-7,9-10,12-15,17,19,21-22,24H2,(H,46,56)(H,48,55,57)/t26?,27?,28-,30-/m1/s1. The zero-order valence-corrected chi connectivity index (χ0v) is 33.1. The van der Waals surface area contributed by atoms with Crippen LogP contribution < -0.4 is 20.4 Å². The molecule has 7 heterocycles. The lowest BCUT2D eigenvalue weighted by Crippen LogP contribution is -2.49. The number of ether oxygens (including phenoxy) is 2. The van der Waals surface area contributed by atoms with Crippen LogP contribution in [0.15, 0.2) is 42.9 Å². The fourth-order valence-corrected chi connectivity index (χ4v) is 9.22. The normalized spacial score (nSPS) is 23.9. The van der Waals surface area contributed by atoms with Crippen molar-refractivity contribution in [1.82, 2.24) is 34.6 Å². The van der Waals surface area contributed by atoms with E-state index in [9.17, 15) is 23.2 Å². The Balaban J connectivity index is 0.736. The summed E-state index contributed by atoms with van der Waals surface area (Å²) >= 11 is 6.35. The van der Waals surface area contributed by atoms with Crippen molar-refractivity contribution in [3.8, 4) is 11.8 Å². The first kappa shape index (κ1) is 39.3. The number of imide groups is 1. The molecule has 1 aromatic carbocycles. The van der Waals surface area contributed by atoms with Crippen molar-refractivity contribution >= 4 is 52.3 Å². The average molecular weight is 831 g/mol. The van der Waals surface area contributed by atoms with Crippen molar-refractivity contribution in [2.45, 2.75) is 82.1 Å². The molecule has 18 heteroatoms. The maximum atomic E-state index is 14.2. The molecule has 310 valence electrons. The minimum atomic E-state index is -2.86. The molecule has 2 atom stereocenters. The number of fused-ring (bicyclic) bond motifs is 3. The van der Waals surface area contributed by atoms with Crippen LogP contribution >= 0.6 is 11.6 Å². The van der Waals surface area contributed by atoms with E-state index in [0.29, 0.717) is 34.4 Å². The van der Waals surface area contributed by atoms with E-state index >= 15 is 0 Å². The number of morpholine rings is 1. The molecule has 0 radical (unpaired) electrons. The van der Waals surface area contributed by atoms with Crippen LogP contribution in [0.3, 0.4) is 0 Å². The molecular weight excluding hydrogens is 786 g/mol. The van der Waals surface area contributed by atoms with Crippen molar-refractivity contribution in [2.24, 2.45) is 5.92 Å². The molecule has 2 bridgehead atoms. The van der Waals surface area contributed by atoms with Gasteiger partial charge in [-0.1, -0.05) is 23.4 Å². The topological polar surface area (TPSA) is 151 Å². The fourth-order valence-electron chi connectivity index (χ4n) is 9.00. The monoisotopic (exact) mass is 830 g/mol. The number of aromatic nitrogens is 5. The molecule has 5 aliphatic rings. The molecule has 4 aromatic rings. The Morgan fingerprint density at radius 2 is 1.92 bits per heavy atom. The lowest BCUT2D eigenvalue weighted by Gasteiger charge is -2.36. The number of likely N-dealkylation sites (tertiary alicyclic amines) is 1. The molecule has 1 saturated carbocycles. The Morgan fingerprint density at radius 1 is 1.08 bits per heavy atom. The van der Waals surface area contributed by atoms with Crippen LogP contribution in [0.2, 0.25) is 5.02 Å². The molecule has 4 amide bonds. The van der Waals surface area contributed by atoms with Gasteiger partial charge in [-0.3, -0.25) is 24.5 Å². The first-order chi connectivity index (χ1) is 28.6. The summed E-state index contributed by atoms with van der Waals surface area (Å²) in [5, 5.41) is 14.0. The number of anilines is 3. The Kier molecular flexibility index (Phi) is 11.2. The maximum absolute atomic E-state index is 14.2. The lowest BCUT2D eigenvalue weighted by molar-refractivity contribution is -0.120. The van der Waals surface area contributed by atoms with Crippen LogP contribution in [0.5, 0.6) is 0 Å². The molecule has 15 nitrogen and oxygen atoms in total. The highest BCUT2D eigenvalue weighted by Crippen LogP contribution is 2.36. The average Bonchev–Trinajstić information content (AvgIpc) is 4.06. The van der Waals surface area contributed by atoms with Crippen LogP contribution in [-0.2, 0) is 14.3 Å². The second-order valence-corrected chi connectivity index (χ2v) is 16.4. The van der Waals surface area contributed by atoms with E-state index in [4.69, 9.17) is 26.1 Å². The summed E-state index contributed by atoms with van der Waals surface area (Å²) in [6.07, 6.45) is 8.64. The zero-order chi connectivity index (χ0) is 40.6. The van der Waals surface area contributed by atoms with Gasteiger partial charge in [0.05, 0.1) is 53.5 Å². The quantitative estimate of drug-likeness (QED) is 0.197. The SMILES string of the molecule is O=C1CCN(c2cc(C#CCOC3CCN(CC4CCC(n5cc(NC(=O)c6cnn7ccc(N8C[C@H]9C[C@@H]8CO9)nc67)c(C(F)F)n5)CC4)CC3)ccc2Cl)C(=O)N1. The van der Waals surface area contributed by atoms with Gasteiger partial charge in [-0.05, 0) is 75.1 Å². The molecule has 5 fully saturated rings. The van der Waals surface area contributed by atoms with Gasteiger partial charge in [-0.25, -0.2) is 23.1 Å². The molecule has 0 unspecified atom stereocenters. The highest BCUT2D eigenvalue weighted by molar-refractivity contribution is 6.34. The molecule has 4 saturated heterocycles. The fraction of sp³-hybridized carbons (Fsp3) is 0.512. The van der Waals surface area contributed by atoms with Crippen LogP contribution in [0.1, 0.15) is 85.4 Å². The molecule has 0 spiro atoms. The second-order valence-electron chi connectivity index (χ2n) is 16.0. The first-order valence-corrected chi connectivity index (χ1v) is 20.7. The van der Waals surface area contributed by atoms with E-state index in [1.54, 1.807) is 29.1 Å². The Labute approximate surface area is 344 Å². The number of rotatable bonds is 10. The van der Waals surface area contributed by atoms with Crippen LogP contribution in [0.4, 0.5) is 30.8 Å². The molecule has 9 rings (SSSR count). The van der Waals surface area contributed by atoms with E-state index in [1.165, 1.54) is 21.8 Å². The predicted octanol–water partition coefficient (Wildman–Crippen LogP) is 5.46. The zero-order valence-electron chi connectivity index (χ0n) is 32.4. The summed E-state index contributed by atoms with van der Waals surface area (Å²) in [5.41, 5.74) is 1.31. The highest BCUT2D eigenvalue weighted by Gasteiger charge is 2.40. The number of piperidine rings is 1. The molecule has 59 heavy (non-hydrogen) atoms. The van der Waals surface area contributed by atoms with Gasteiger partial charge in [0.15, 0.2) is 11.3 Å². The van der Waals surface area contributed by atoms with Crippen molar-refractivity contribution in [3.05, 3.63) is 64.7 Å². The molecule has 4 aliphatic heterocycles. The van der Waals surface area contributed by atoms with Crippen molar-refractivity contribution in [2.75, 3.05) is 61.1 Å². The predicted molar refractivity (Wildman–Crippen MR) is 214 cm³/mol. The van der Waals surface area contributed by atoms with E-state index in [2.05, 4.69) is 42.5 Å². The van der Waals surface area contributed by atoms with Gasteiger partial charge in [0.25, 0.3) is 12.3 Å². The Morgan fingerprint density at radius 3 is 2.66 bits per heavy atom. The number of benzene rings is 1. The minimum absolute atomic E-state index is 0.00482. The van der Waals surface area contributed by atoms with Crippen LogP contribution in [-0.4, -0.2) is 111 Å². The summed E-state index contributed by atoms with van der Waals surface area (Å²) in [5.74, 6) is 6.53. The van der Waals surface area contributed by atoms with Gasteiger partial charge in [0.1, 0.15) is 18.0 Å². The number of urea groups is 1. The summed E-state index contributed by atoms with van der Waals surface area (Å²) in [7, 11) is 0. The molecule has 1 aliphatic carbocycles. The van der Waals surface area contributed by atoms with Gasteiger partial charge < -0.3 is 24.6 Å². The second kappa shape index (κ2) is 16.8. The number of nitrogens with one attached hydrogen (secondary N) is 2. The third kappa shape index (κ3) is 8.49. The van der Waals surface area contributed by atoms with E-state index in [-0.39, 0.29) is 61.0 Å². The minimum Gasteiger partial charge on any atom is -0.374 e. The van der Waals surface area contributed by atoms with E-state index in [0.717, 1.165) is 76.9 Å². The molecule has 3 aromatic heterocycles. The number of amides is 4.